The molecule has 1 aliphatic rings. The highest BCUT2D eigenvalue weighted by Gasteiger charge is 2.41. The van der Waals surface area contributed by atoms with E-state index in [-0.39, 0.29) is 18.0 Å². The third-order valence-electron chi connectivity index (χ3n) is 8.20. The Kier molecular flexibility index (Phi) is 17.1. The summed E-state index contributed by atoms with van der Waals surface area (Å²) in [7, 11) is 1.70. The highest BCUT2D eigenvalue weighted by molar-refractivity contribution is 6.30. The van der Waals surface area contributed by atoms with Crippen LogP contribution >= 0.6 is 11.6 Å². The van der Waals surface area contributed by atoms with Gasteiger partial charge in [-0.2, -0.15) is 0 Å². The number of hydrogen-bond acceptors (Lipinski definition) is 5. The number of aliphatic hydroxyl groups is 1. The van der Waals surface area contributed by atoms with Crippen molar-refractivity contribution in [3.05, 3.63) is 34.9 Å². The number of unbranched alkanes of at least 4 members (excludes halogenated alkanes) is 3. The molecule has 0 saturated carbocycles. The molecule has 1 aromatic rings. The Labute approximate surface area is 248 Å². The van der Waals surface area contributed by atoms with Crippen molar-refractivity contribution in [3.8, 4) is 0 Å². The first-order chi connectivity index (χ1) is 19.3. The Morgan fingerprint density at radius 3 is 2.77 bits per heavy atom. The minimum atomic E-state index is -1.05. The second kappa shape index (κ2) is 19.7. The Hall–Kier alpha value is -1.38. The summed E-state index contributed by atoms with van der Waals surface area (Å²) in [5, 5.41) is 19.6. The number of halogens is 1. The van der Waals surface area contributed by atoms with Crippen LogP contribution < -0.4 is 10.6 Å². The number of rotatable bonds is 20. The normalized spacial score (nSPS) is 18.8. The molecular formula is C32H56ClN3O4. The van der Waals surface area contributed by atoms with Crippen molar-refractivity contribution < 1.29 is 19.4 Å². The van der Waals surface area contributed by atoms with Crippen LogP contribution in [0.15, 0.2) is 24.3 Å². The third kappa shape index (κ3) is 12.2. The number of methoxy groups -OCH3 is 1. The Balaban J connectivity index is 2.09. The van der Waals surface area contributed by atoms with Crippen LogP contribution in [0.5, 0.6) is 0 Å². The summed E-state index contributed by atoms with van der Waals surface area (Å²) in [6, 6.07) is 7.59. The van der Waals surface area contributed by atoms with Gasteiger partial charge in [0.1, 0.15) is 0 Å². The molecule has 1 saturated heterocycles. The zero-order chi connectivity index (χ0) is 29.2. The van der Waals surface area contributed by atoms with Crippen LogP contribution in [0, 0.1) is 11.8 Å². The number of amides is 2. The predicted octanol–water partition coefficient (Wildman–Crippen LogP) is 6.37. The highest BCUT2D eigenvalue weighted by atomic mass is 35.5. The number of benzene rings is 1. The van der Waals surface area contributed by atoms with Crippen molar-refractivity contribution >= 4 is 17.6 Å². The van der Waals surface area contributed by atoms with Crippen molar-refractivity contribution in [2.45, 2.75) is 96.6 Å². The average Bonchev–Trinajstić information content (AvgIpc) is 2.95. The molecule has 230 valence electrons. The fourth-order valence-electron chi connectivity index (χ4n) is 5.90. The average molecular weight is 582 g/mol. The van der Waals surface area contributed by atoms with Crippen LogP contribution in [-0.4, -0.2) is 75.2 Å². The minimum Gasteiger partial charge on any atom is -0.385 e. The van der Waals surface area contributed by atoms with E-state index in [1.807, 2.05) is 36.1 Å². The number of hydrogen-bond donors (Lipinski definition) is 3. The summed E-state index contributed by atoms with van der Waals surface area (Å²) in [4.78, 5) is 15.5. The highest BCUT2D eigenvalue weighted by Crippen LogP contribution is 2.40. The second-order valence-electron chi connectivity index (χ2n) is 11.6. The van der Waals surface area contributed by atoms with Gasteiger partial charge in [-0.15, -0.1) is 0 Å². The zero-order valence-corrected chi connectivity index (χ0v) is 26.3. The van der Waals surface area contributed by atoms with Gasteiger partial charge in [0.15, 0.2) is 0 Å². The van der Waals surface area contributed by atoms with Gasteiger partial charge in [0, 0.05) is 63.5 Å². The van der Waals surface area contributed by atoms with E-state index in [2.05, 4.69) is 24.5 Å². The van der Waals surface area contributed by atoms with E-state index in [0.717, 1.165) is 50.8 Å². The summed E-state index contributed by atoms with van der Waals surface area (Å²) >= 11 is 6.34. The molecule has 1 unspecified atom stereocenters. The Bertz CT molecular complexity index is 829. The van der Waals surface area contributed by atoms with E-state index in [1.54, 1.807) is 7.11 Å². The van der Waals surface area contributed by atoms with Crippen LogP contribution in [0.2, 0.25) is 5.02 Å². The van der Waals surface area contributed by atoms with Crippen LogP contribution in [0.25, 0.3) is 0 Å². The molecule has 1 aromatic carbocycles. The van der Waals surface area contributed by atoms with Gasteiger partial charge in [-0.25, -0.2) is 4.79 Å². The molecule has 2 amide bonds. The number of carbonyl (C=O) groups is 1. The van der Waals surface area contributed by atoms with Crippen LogP contribution in [0.4, 0.5) is 4.79 Å². The lowest BCUT2D eigenvalue weighted by molar-refractivity contribution is -0.0564. The quantitative estimate of drug-likeness (QED) is 0.156. The number of likely N-dealkylation sites (tertiary alicyclic amines) is 1. The molecule has 0 spiro atoms. The lowest BCUT2D eigenvalue weighted by Crippen LogP contribution is -2.54. The van der Waals surface area contributed by atoms with Gasteiger partial charge in [0.25, 0.3) is 0 Å². The topological polar surface area (TPSA) is 83.1 Å². The van der Waals surface area contributed by atoms with Crippen molar-refractivity contribution in [3.63, 3.8) is 0 Å². The van der Waals surface area contributed by atoms with Gasteiger partial charge in [-0.3, -0.25) is 0 Å². The molecule has 0 aromatic heterocycles. The molecule has 40 heavy (non-hydrogen) atoms. The second-order valence-corrected chi connectivity index (χ2v) is 12.0. The molecule has 0 radical (unpaired) electrons. The first-order valence-electron chi connectivity index (χ1n) is 15.6. The van der Waals surface area contributed by atoms with E-state index in [9.17, 15) is 9.90 Å². The summed E-state index contributed by atoms with van der Waals surface area (Å²) < 4.78 is 10.7. The number of ether oxygens (including phenoxy) is 2. The lowest BCUT2D eigenvalue weighted by Gasteiger charge is -2.43. The maximum Gasteiger partial charge on any atom is 0.317 e. The smallest absolute Gasteiger partial charge is 0.317 e. The molecule has 3 N–H and O–H groups in total. The maximum absolute atomic E-state index is 13.6. The van der Waals surface area contributed by atoms with Gasteiger partial charge in [-0.1, -0.05) is 63.3 Å². The molecule has 8 heteroatoms. The van der Waals surface area contributed by atoms with Crippen LogP contribution in [0.1, 0.15) is 90.5 Å². The van der Waals surface area contributed by atoms with Crippen molar-refractivity contribution in [1.82, 2.24) is 15.5 Å². The van der Waals surface area contributed by atoms with Crippen LogP contribution in [-0.2, 0) is 15.1 Å². The molecule has 7 nitrogen and oxygen atoms in total. The van der Waals surface area contributed by atoms with Gasteiger partial charge in [-0.05, 0) is 69.1 Å². The maximum atomic E-state index is 13.6. The number of carbonyl (C=O) groups excluding carboxylic acids is 1. The molecule has 2 rings (SSSR count). The van der Waals surface area contributed by atoms with Gasteiger partial charge >= 0.3 is 6.03 Å². The first-order valence-corrected chi connectivity index (χ1v) is 16.0. The molecule has 4 atom stereocenters. The third-order valence-corrected chi connectivity index (χ3v) is 8.43. The standard InChI is InChI=1S/C32H56ClN3O4/c1-5-7-8-13-26(3)22-30(24-34-18-21-40-6-2)35-31(37)36-19-12-15-28(25-36)32(38,17-9-10-20-39-4)27-14-11-16-29(33)23-27/h11,14,16,23,26,28,30,34,38H,5-10,12-13,15,17-22,24-25H2,1-4H3,(H,35,37)/t26?,28-,30+,32-/m1/s1. The number of nitrogens with one attached hydrogen (secondary N) is 2. The summed E-state index contributed by atoms with van der Waals surface area (Å²) in [6.07, 6.45) is 9.89. The molecule has 1 fully saturated rings. The van der Waals surface area contributed by atoms with Crippen molar-refractivity contribution in [1.29, 1.82) is 0 Å². The predicted molar refractivity (Wildman–Crippen MR) is 165 cm³/mol. The monoisotopic (exact) mass is 581 g/mol. The molecule has 1 heterocycles. The number of nitrogens with zero attached hydrogens (tertiary/aromatic N) is 1. The van der Waals surface area contributed by atoms with Crippen molar-refractivity contribution in [2.24, 2.45) is 11.8 Å². The van der Waals surface area contributed by atoms with Gasteiger partial charge < -0.3 is 30.1 Å². The zero-order valence-electron chi connectivity index (χ0n) is 25.6. The fourth-order valence-corrected chi connectivity index (χ4v) is 6.10. The van der Waals surface area contributed by atoms with Crippen molar-refractivity contribution in [2.75, 3.05) is 53.1 Å². The Morgan fingerprint density at radius 1 is 1.23 bits per heavy atom. The van der Waals surface area contributed by atoms with E-state index >= 15 is 0 Å². The molecule has 0 aliphatic carbocycles. The van der Waals surface area contributed by atoms with E-state index in [1.165, 1.54) is 25.7 Å². The largest absolute Gasteiger partial charge is 0.385 e. The minimum absolute atomic E-state index is 0.0325. The summed E-state index contributed by atoms with van der Waals surface area (Å²) in [5.41, 5.74) is -0.215. The van der Waals surface area contributed by atoms with Gasteiger partial charge in [0.05, 0.1) is 12.2 Å². The van der Waals surface area contributed by atoms with E-state index < -0.39 is 5.60 Å². The van der Waals surface area contributed by atoms with E-state index in [4.69, 9.17) is 21.1 Å². The SMILES string of the molecule is CCCCCC(C)C[C@@H](CNCCOCC)NC(=O)N1CCC[C@@H]([C@@](O)(CCCCOC)c2cccc(Cl)c2)C1. The van der Waals surface area contributed by atoms with Crippen LogP contribution in [0.3, 0.4) is 0 Å². The number of urea groups is 1. The first kappa shape index (κ1) is 34.8. The van der Waals surface area contributed by atoms with E-state index in [0.29, 0.717) is 50.3 Å². The summed E-state index contributed by atoms with van der Waals surface area (Å²) in [6.45, 7) is 11.3. The van der Waals surface area contributed by atoms with Gasteiger partial charge in [0.2, 0.25) is 0 Å². The molecule has 0 bridgehead atoms. The Morgan fingerprint density at radius 2 is 2.05 bits per heavy atom. The lowest BCUT2D eigenvalue weighted by atomic mass is 9.74. The fraction of sp³-hybridized carbons (Fsp3) is 0.781. The molecule has 1 aliphatic heterocycles. The summed E-state index contributed by atoms with van der Waals surface area (Å²) in [5.74, 6) is 0.475. The number of piperidine rings is 1. The molecular weight excluding hydrogens is 526 g/mol.